The van der Waals surface area contributed by atoms with Gasteiger partial charge >= 0.3 is 0 Å². The van der Waals surface area contributed by atoms with Crippen LogP contribution in [-0.4, -0.2) is 37.7 Å². The van der Waals surface area contributed by atoms with Crippen molar-refractivity contribution in [1.29, 1.82) is 0 Å². The van der Waals surface area contributed by atoms with E-state index < -0.39 is 10.0 Å². The Morgan fingerprint density at radius 2 is 1.74 bits per heavy atom. The number of rotatable bonds is 7. The minimum Gasteiger partial charge on any atom is -0.495 e. The van der Waals surface area contributed by atoms with Crippen molar-refractivity contribution in [2.24, 2.45) is 0 Å². The maximum atomic E-state index is 12.6. The van der Waals surface area contributed by atoms with Crippen molar-refractivity contribution < 1.29 is 17.9 Å². The van der Waals surface area contributed by atoms with Crippen LogP contribution in [0.2, 0.25) is 5.02 Å². The van der Waals surface area contributed by atoms with Crippen LogP contribution < -0.4 is 24.8 Å². The van der Waals surface area contributed by atoms with Crippen molar-refractivity contribution >= 4 is 56.1 Å². The lowest BCUT2D eigenvalue weighted by molar-refractivity contribution is 0.397. The quantitative estimate of drug-likeness (QED) is 0.435. The van der Waals surface area contributed by atoms with Crippen molar-refractivity contribution in [3.05, 3.63) is 59.9 Å². The van der Waals surface area contributed by atoms with E-state index in [1.165, 1.54) is 38.7 Å². The normalized spacial score (nSPS) is 10.8. The zero-order valence-electron chi connectivity index (χ0n) is 16.4. The summed E-state index contributed by atoms with van der Waals surface area (Å²) in [7, 11) is -0.887. The lowest BCUT2D eigenvalue weighted by Crippen LogP contribution is -2.19. The number of aromatic nitrogens is 2. The molecule has 0 unspecified atom stereocenters. The summed E-state index contributed by atoms with van der Waals surface area (Å²) in [4.78, 5) is 7.76. The molecular formula is C19H18ClN5O4S2. The Hall–Kier alpha value is -3.15. The van der Waals surface area contributed by atoms with Gasteiger partial charge < -0.3 is 20.1 Å². The maximum absolute atomic E-state index is 12.6. The second-order valence-corrected chi connectivity index (χ2v) is 8.53. The summed E-state index contributed by atoms with van der Waals surface area (Å²) < 4.78 is 37.8. The van der Waals surface area contributed by atoms with Gasteiger partial charge in [0, 0.05) is 16.8 Å². The lowest BCUT2D eigenvalue weighted by atomic mass is 10.3. The molecule has 0 bridgehead atoms. The number of anilines is 3. The number of nitrogens with one attached hydrogen (secondary N) is 3. The molecule has 0 aliphatic rings. The Kier molecular flexibility index (Phi) is 7.10. The van der Waals surface area contributed by atoms with Crippen LogP contribution >= 0.6 is 23.8 Å². The number of hydrogen-bond acceptors (Lipinski definition) is 7. The topological polar surface area (TPSA) is 114 Å². The zero-order valence-corrected chi connectivity index (χ0v) is 18.8. The third kappa shape index (κ3) is 5.94. The van der Waals surface area contributed by atoms with Crippen LogP contribution in [0.25, 0.3) is 0 Å². The number of hydrogen-bond donors (Lipinski definition) is 3. The Morgan fingerprint density at radius 3 is 2.42 bits per heavy atom. The highest BCUT2D eigenvalue weighted by Gasteiger charge is 2.15. The predicted octanol–water partition coefficient (Wildman–Crippen LogP) is 3.76. The van der Waals surface area contributed by atoms with Crippen LogP contribution in [0.1, 0.15) is 0 Å². The van der Waals surface area contributed by atoms with Gasteiger partial charge in [-0.05, 0) is 54.7 Å². The first-order valence-electron chi connectivity index (χ1n) is 8.71. The van der Waals surface area contributed by atoms with Crippen LogP contribution in [0.4, 0.5) is 17.2 Å². The molecule has 1 aromatic heterocycles. The molecule has 2 aromatic carbocycles. The van der Waals surface area contributed by atoms with Gasteiger partial charge in [0.05, 0.1) is 24.8 Å². The van der Waals surface area contributed by atoms with Gasteiger partial charge in [-0.1, -0.05) is 11.6 Å². The summed E-state index contributed by atoms with van der Waals surface area (Å²) >= 11 is 11.3. The first-order valence-corrected chi connectivity index (χ1v) is 11.0. The molecule has 0 saturated heterocycles. The van der Waals surface area contributed by atoms with E-state index in [4.69, 9.17) is 33.3 Å². The van der Waals surface area contributed by atoms with Gasteiger partial charge in [0.1, 0.15) is 17.9 Å². The predicted molar refractivity (Wildman–Crippen MR) is 124 cm³/mol. The van der Waals surface area contributed by atoms with Gasteiger partial charge in [0.15, 0.2) is 5.11 Å². The minimum absolute atomic E-state index is 0.0472. The van der Waals surface area contributed by atoms with Gasteiger partial charge in [-0.3, -0.25) is 4.72 Å². The third-order valence-electron chi connectivity index (χ3n) is 3.92. The van der Waals surface area contributed by atoms with Crippen molar-refractivity contribution in [2.45, 2.75) is 4.90 Å². The van der Waals surface area contributed by atoms with E-state index >= 15 is 0 Å². The first kappa shape index (κ1) is 22.5. The molecule has 0 radical (unpaired) electrons. The highest BCUT2D eigenvalue weighted by atomic mass is 35.5. The maximum Gasteiger partial charge on any atom is 0.263 e. The van der Waals surface area contributed by atoms with E-state index in [1.54, 1.807) is 30.3 Å². The molecule has 162 valence electrons. The van der Waals surface area contributed by atoms with E-state index in [0.717, 1.165) is 0 Å². The van der Waals surface area contributed by atoms with Gasteiger partial charge in [0.25, 0.3) is 10.0 Å². The van der Waals surface area contributed by atoms with Crippen LogP contribution in [0, 0.1) is 0 Å². The minimum atomic E-state index is -3.85. The van der Waals surface area contributed by atoms with E-state index in [0.29, 0.717) is 22.1 Å². The van der Waals surface area contributed by atoms with Crippen molar-refractivity contribution in [3.63, 3.8) is 0 Å². The van der Waals surface area contributed by atoms with E-state index in [2.05, 4.69) is 25.3 Å². The lowest BCUT2D eigenvalue weighted by Gasteiger charge is -2.14. The van der Waals surface area contributed by atoms with Crippen molar-refractivity contribution in [2.75, 3.05) is 29.6 Å². The highest BCUT2D eigenvalue weighted by Crippen LogP contribution is 2.28. The van der Waals surface area contributed by atoms with Crippen LogP contribution in [-0.2, 0) is 10.0 Å². The monoisotopic (exact) mass is 479 g/mol. The Bertz CT molecular complexity index is 1190. The highest BCUT2D eigenvalue weighted by molar-refractivity contribution is 7.92. The molecule has 12 heteroatoms. The summed E-state index contributed by atoms with van der Waals surface area (Å²) in [5.41, 5.74) is 1.18. The molecule has 0 atom stereocenters. The molecule has 3 rings (SSSR count). The third-order valence-corrected chi connectivity index (χ3v) is 5.73. The fraction of sp³-hybridized carbons (Fsp3) is 0.105. The number of nitrogens with zero attached hydrogens (tertiary/aromatic N) is 2. The Balaban J connectivity index is 1.68. The molecule has 0 saturated carbocycles. The van der Waals surface area contributed by atoms with Gasteiger partial charge in [0.2, 0.25) is 5.88 Å². The molecule has 0 aliphatic carbocycles. The standard InChI is InChI=1S/C19H18ClN5O4S2/c1-28-16-8-3-12(20)9-15(16)24-19(30)23-13-4-6-14(7-5-13)31(26,27)25-17-10-18(29-2)22-11-21-17/h3-11H,1-2H3,(H,21,22,25)(H2,23,24,30). The van der Waals surface area contributed by atoms with E-state index in [-0.39, 0.29) is 21.7 Å². The SMILES string of the molecule is COc1cc(NS(=O)(=O)c2ccc(NC(=S)Nc3cc(Cl)ccc3OC)cc2)ncn1. The van der Waals surface area contributed by atoms with Gasteiger partial charge in [-0.25, -0.2) is 18.4 Å². The first-order chi connectivity index (χ1) is 14.8. The second-order valence-electron chi connectivity index (χ2n) is 6.00. The molecular weight excluding hydrogens is 462 g/mol. The fourth-order valence-electron chi connectivity index (χ4n) is 2.48. The number of ether oxygens (including phenoxy) is 2. The molecule has 0 aliphatic heterocycles. The number of halogens is 1. The smallest absolute Gasteiger partial charge is 0.263 e. The summed E-state index contributed by atoms with van der Waals surface area (Å²) in [5.74, 6) is 0.905. The number of methoxy groups -OCH3 is 2. The molecule has 9 nitrogen and oxygen atoms in total. The van der Waals surface area contributed by atoms with E-state index in [9.17, 15) is 8.42 Å². The molecule has 0 amide bonds. The summed E-state index contributed by atoms with van der Waals surface area (Å²) in [5, 5.41) is 6.77. The number of thiocarbonyl (C=S) groups is 1. The number of benzene rings is 2. The summed E-state index contributed by atoms with van der Waals surface area (Å²) in [6.45, 7) is 0. The molecule has 3 aromatic rings. The molecule has 0 fully saturated rings. The van der Waals surface area contributed by atoms with Crippen LogP contribution in [0.5, 0.6) is 11.6 Å². The second kappa shape index (κ2) is 9.77. The van der Waals surface area contributed by atoms with Crippen LogP contribution in [0.15, 0.2) is 59.8 Å². The Morgan fingerprint density at radius 1 is 1.00 bits per heavy atom. The van der Waals surface area contributed by atoms with E-state index in [1.807, 2.05) is 0 Å². The Labute approximate surface area is 189 Å². The average Bonchev–Trinajstić information content (AvgIpc) is 2.74. The van der Waals surface area contributed by atoms with Gasteiger partial charge in [-0.2, -0.15) is 0 Å². The molecule has 0 spiro atoms. The molecule has 3 N–H and O–H groups in total. The van der Waals surface area contributed by atoms with Crippen molar-refractivity contribution in [3.8, 4) is 11.6 Å². The number of sulfonamides is 1. The summed E-state index contributed by atoms with van der Waals surface area (Å²) in [6, 6.07) is 12.5. The van der Waals surface area contributed by atoms with Crippen LogP contribution in [0.3, 0.4) is 0 Å². The fourth-order valence-corrected chi connectivity index (χ4v) is 3.88. The molecule has 1 heterocycles. The van der Waals surface area contributed by atoms with Gasteiger partial charge in [-0.15, -0.1) is 0 Å². The average molecular weight is 480 g/mol. The zero-order chi connectivity index (χ0) is 22.4. The molecule has 31 heavy (non-hydrogen) atoms. The van der Waals surface area contributed by atoms with Crippen molar-refractivity contribution in [1.82, 2.24) is 9.97 Å². The largest absolute Gasteiger partial charge is 0.495 e. The summed E-state index contributed by atoms with van der Waals surface area (Å²) in [6.07, 6.45) is 1.20.